The molecule has 2 aliphatic rings. The van der Waals surface area contributed by atoms with E-state index in [1.165, 1.54) is 11.6 Å². The Labute approximate surface area is 145 Å². The van der Waals surface area contributed by atoms with Gasteiger partial charge in [0, 0.05) is 8.07 Å². The van der Waals surface area contributed by atoms with Gasteiger partial charge >= 0.3 is 17.1 Å². The molecular formula is C18H24FeO2Si. The summed E-state index contributed by atoms with van der Waals surface area (Å²) < 4.78 is 0. The first-order valence-electron chi connectivity index (χ1n) is 7.18. The summed E-state index contributed by atoms with van der Waals surface area (Å²) in [7, 11) is -1.03. The van der Waals surface area contributed by atoms with Crippen LogP contribution in [-0.4, -0.2) is 8.07 Å². The maximum absolute atomic E-state index is 11.0. The van der Waals surface area contributed by atoms with Crippen molar-refractivity contribution in [3.05, 3.63) is 70.8 Å². The van der Waals surface area contributed by atoms with Crippen LogP contribution in [-0.2, 0) is 17.1 Å². The molecule has 0 heterocycles. The van der Waals surface area contributed by atoms with E-state index in [0.29, 0.717) is 0 Å². The van der Waals surface area contributed by atoms with Crippen LogP contribution in [0.15, 0.2) is 70.8 Å². The maximum Gasteiger partial charge on any atom is 2.00 e. The molecule has 0 aromatic rings. The SMILES string of the molecule is CC([O-])=C1C=CC(C[Si](C)(C)C)=C1.CC([O-])=C1C=CC=C1.[Fe+2]. The van der Waals surface area contributed by atoms with E-state index in [2.05, 4.69) is 25.7 Å². The number of hydrogen-bond acceptors (Lipinski definition) is 2. The van der Waals surface area contributed by atoms with Crippen molar-refractivity contribution in [2.24, 2.45) is 0 Å². The molecule has 0 saturated carbocycles. The van der Waals surface area contributed by atoms with E-state index >= 15 is 0 Å². The Morgan fingerprint density at radius 1 is 0.864 bits per heavy atom. The number of allylic oxidation sites excluding steroid dienone is 12. The second-order valence-corrected chi connectivity index (χ2v) is 12.0. The van der Waals surface area contributed by atoms with Gasteiger partial charge in [0.25, 0.3) is 0 Å². The summed E-state index contributed by atoms with van der Waals surface area (Å²) in [6, 6.07) is 1.17. The molecular weight excluding hydrogens is 332 g/mol. The molecule has 0 amide bonds. The monoisotopic (exact) mass is 356 g/mol. The molecule has 0 aliphatic heterocycles. The van der Waals surface area contributed by atoms with Gasteiger partial charge in [0.05, 0.1) is 0 Å². The van der Waals surface area contributed by atoms with Gasteiger partial charge in [-0.25, -0.2) is 0 Å². The van der Waals surface area contributed by atoms with Gasteiger partial charge in [0.1, 0.15) is 0 Å². The van der Waals surface area contributed by atoms with E-state index < -0.39 is 8.07 Å². The van der Waals surface area contributed by atoms with Gasteiger partial charge in [-0.3, -0.25) is 0 Å². The van der Waals surface area contributed by atoms with Crippen LogP contribution in [0.1, 0.15) is 13.8 Å². The van der Waals surface area contributed by atoms with Gasteiger partial charge in [-0.2, -0.15) is 0 Å². The Bertz CT molecular complexity index is 548. The summed E-state index contributed by atoms with van der Waals surface area (Å²) in [6.07, 6.45) is 13.4. The first kappa shape index (κ1) is 20.8. The summed E-state index contributed by atoms with van der Waals surface area (Å²) >= 11 is 0. The van der Waals surface area contributed by atoms with Crippen LogP contribution < -0.4 is 10.2 Å². The molecule has 4 heteroatoms. The quantitative estimate of drug-likeness (QED) is 0.563. The topological polar surface area (TPSA) is 46.1 Å². The Balaban J connectivity index is 0.000000423. The van der Waals surface area contributed by atoms with Crippen LogP contribution in [0.2, 0.25) is 25.7 Å². The fraction of sp³-hybridized carbons (Fsp3) is 0.333. The molecule has 2 nitrogen and oxygen atoms in total. The third-order valence-electron chi connectivity index (χ3n) is 3.03. The molecule has 0 saturated heterocycles. The number of hydrogen-bond donors (Lipinski definition) is 0. The first-order chi connectivity index (χ1) is 9.69. The van der Waals surface area contributed by atoms with Crippen molar-refractivity contribution in [2.45, 2.75) is 39.5 Å². The van der Waals surface area contributed by atoms with E-state index in [-0.39, 0.29) is 28.6 Å². The summed E-state index contributed by atoms with van der Waals surface area (Å²) in [5.41, 5.74) is 2.97. The van der Waals surface area contributed by atoms with Gasteiger partial charge in [-0.1, -0.05) is 81.6 Å². The van der Waals surface area contributed by atoms with Gasteiger partial charge in [0.2, 0.25) is 0 Å². The molecule has 120 valence electrons. The Morgan fingerprint density at radius 2 is 1.36 bits per heavy atom. The largest absolute Gasteiger partial charge is 2.00 e. The third kappa shape index (κ3) is 7.69. The second-order valence-electron chi connectivity index (χ2n) is 6.53. The first-order valence-corrected chi connectivity index (χ1v) is 10.9. The Kier molecular flexibility index (Phi) is 8.53. The maximum atomic E-state index is 11.0. The van der Waals surface area contributed by atoms with Crippen LogP contribution in [0.3, 0.4) is 0 Å². The van der Waals surface area contributed by atoms with E-state index in [9.17, 15) is 10.2 Å². The minimum absolute atomic E-state index is 0. The van der Waals surface area contributed by atoms with Gasteiger partial charge in [-0.15, -0.1) is 11.5 Å². The summed E-state index contributed by atoms with van der Waals surface area (Å²) in [5, 5.41) is 21.5. The zero-order valence-electron chi connectivity index (χ0n) is 13.9. The standard InChI is InChI=1S/C11H18OSi.C7H8O.Fe/c1-9(12)11-6-5-10(7-11)8-13(2,3)4;1-6(8)7-4-2-3-5-7;/h5-7,12H,8H2,1-4H3;2-5,8H,1H3;/q;;+2/p-2. The molecule has 0 unspecified atom stereocenters. The second kappa shape index (κ2) is 9.04. The molecule has 0 aromatic heterocycles. The van der Waals surface area contributed by atoms with Crippen LogP contribution in [0, 0.1) is 0 Å². The Morgan fingerprint density at radius 3 is 1.68 bits per heavy atom. The van der Waals surface area contributed by atoms with Crippen molar-refractivity contribution < 1.29 is 27.3 Å². The van der Waals surface area contributed by atoms with Crippen LogP contribution in [0.4, 0.5) is 0 Å². The molecule has 0 atom stereocenters. The average Bonchev–Trinajstić information content (AvgIpc) is 2.96. The molecule has 0 bridgehead atoms. The van der Waals surface area contributed by atoms with Crippen molar-refractivity contribution in [3.8, 4) is 0 Å². The normalized spacial score (nSPS) is 17.7. The smallest absolute Gasteiger partial charge is 0.875 e. The predicted molar refractivity (Wildman–Crippen MR) is 89.1 cm³/mol. The zero-order valence-corrected chi connectivity index (χ0v) is 16.0. The van der Waals surface area contributed by atoms with E-state index in [1.807, 2.05) is 36.5 Å². The molecule has 0 spiro atoms. The minimum Gasteiger partial charge on any atom is -0.875 e. The minimum atomic E-state index is -1.03. The van der Waals surface area contributed by atoms with Crippen molar-refractivity contribution in [3.63, 3.8) is 0 Å². The molecule has 0 radical (unpaired) electrons. The van der Waals surface area contributed by atoms with Crippen LogP contribution >= 0.6 is 0 Å². The van der Waals surface area contributed by atoms with Crippen molar-refractivity contribution in [1.82, 2.24) is 0 Å². The summed E-state index contributed by atoms with van der Waals surface area (Å²) in [4.78, 5) is 0. The Hall–Kier alpha value is -1.22. The predicted octanol–water partition coefficient (Wildman–Crippen LogP) is 3.20. The molecule has 0 aromatic carbocycles. The van der Waals surface area contributed by atoms with Crippen molar-refractivity contribution in [2.75, 3.05) is 0 Å². The molecule has 2 aliphatic carbocycles. The van der Waals surface area contributed by atoms with E-state index in [1.54, 1.807) is 13.8 Å². The summed E-state index contributed by atoms with van der Waals surface area (Å²) in [6.45, 7) is 10.2. The fourth-order valence-corrected chi connectivity index (χ4v) is 3.49. The molecule has 0 fully saturated rings. The molecule has 22 heavy (non-hydrogen) atoms. The molecule has 2 rings (SSSR count). The van der Waals surface area contributed by atoms with Gasteiger partial charge in [0.15, 0.2) is 0 Å². The molecule has 0 N–H and O–H groups in total. The summed E-state index contributed by atoms with van der Waals surface area (Å²) in [5.74, 6) is 0.303. The van der Waals surface area contributed by atoms with Gasteiger partial charge in [-0.05, 0) is 17.2 Å². The van der Waals surface area contributed by atoms with E-state index in [4.69, 9.17) is 0 Å². The van der Waals surface area contributed by atoms with Crippen LogP contribution in [0.5, 0.6) is 0 Å². The van der Waals surface area contributed by atoms with Crippen molar-refractivity contribution in [1.29, 1.82) is 0 Å². The fourth-order valence-electron chi connectivity index (χ4n) is 2.04. The average molecular weight is 356 g/mol. The third-order valence-corrected chi connectivity index (χ3v) is 4.50. The van der Waals surface area contributed by atoms with Gasteiger partial charge < -0.3 is 10.2 Å². The van der Waals surface area contributed by atoms with Crippen molar-refractivity contribution >= 4 is 8.07 Å². The van der Waals surface area contributed by atoms with Crippen LogP contribution in [0.25, 0.3) is 0 Å². The number of rotatable bonds is 2. The zero-order chi connectivity index (χ0) is 16.0. The van der Waals surface area contributed by atoms with E-state index in [0.717, 1.165) is 11.1 Å².